The summed E-state index contributed by atoms with van der Waals surface area (Å²) in [5.41, 5.74) is 0.297. The van der Waals surface area contributed by atoms with Gasteiger partial charge in [-0.3, -0.25) is 14.3 Å². The van der Waals surface area contributed by atoms with Crippen LogP contribution in [0.3, 0.4) is 0 Å². The molecule has 20 heavy (non-hydrogen) atoms. The molecule has 1 N–H and O–H groups in total. The summed E-state index contributed by atoms with van der Waals surface area (Å²) < 4.78 is 1.41. The van der Waals surface area contributed by atoms with Crippen LogP contribution in [0.4, 0.5) is 5.82 Å². The molecule has 2 rings (SSSR count). The van der Waals surface area contributed by atoms with Crippen molar-refractivity contribution in [3.63, 3.8) is 0 Å². The van der Waals surface area contributed by atoms with Gasteiger partial charge in [-0.2, -0.15) is 10.4 Å². The number of aryl methyl sites for hydroxylation is 1. The van der Waals surface area contributed by atoms with Crippen molar-refractivity contribution in [3.05, 3.63) is 34.2 Å². The summed E-state index contributed by atoms with van der Waals surface area (Å²) >= 11 is 1.36. The number of hydrogen-bond donors (Lipinski definition) is 1. The van der Waals surface area contributed by atoms with Gasteiger partial charge in [0.25, 0.3) is 0 Å². The Balaban J connectivity index is 1.92. The van der Waals surface area contributed by atoms with Gasteiger partial charge in [-0.1, -0.05) is 6.07 Å². The van der Waals surface area contributed by atoms with E-state index in [9.17, 15) is 9.59 Å². The van der Waals surface area contributed by atoms with E-state index in [1.165, 1.54) is 22.2 Å². The fraction of sp³-hybridized carbons (Fsp3) is 0.231. The van der Waals surface area contributed by atoms with Gasteiger partial charge in [-0.15, -0.1) is 11.3 Å². The Hall–Kier alpha value is -2.46. The summed E-state index contributed by atoms with van der Waals surface area (Å²) in [5.74, 6) is -0.0169. The lowest BCUT2D eigenvalue weighted by Crippen LogP contribution is -2.16. The molecule has 7 heteroatoms. The van der Waals surface area contributed by atoms with E-state index in [1.807, 2.05) is 11.4 Å². The molecule has 1 amide bonds. The van der Waals surface area contributed by atoms with Gasteiger partial charge in [-0.05, 0) is 11.4 Å². The van der Waals surface area contributed by atoms with Crippen LogP contribution in [0.15, 0.2) is 23.7 Å². The molecule has 2 heterocycles. The number of nitriles is 1. The van der Waals surface area contributed by atoms with Crippen molar-refractivity contribution in [2.45, 2.75) is 12.8 Å². The molecule has 0 atom stereocenters. The second-order valence-corrected chi connectivity index (χ2v) is 5.04. The molecule has 2 aromatic heterocycles. The van der Waals surface area contributed by atoms with Crippen LogP contribution in [0.1, 0.15) is 28.1 Å². The van der Waals surface area contributed by atoms with E-state index < -0.39 is 0 Å². The topological polar surface area (TPSA) is 87.8 Å². The summed E-state index contributed by atoms with van der Waals surface area (Å²) in [7, 11) is 1.63. The van der Waals surface area contributed by atoms with Crippen LogP contribution in [-0.2, 0) is 11.8 Å². The highest BCUT2D eigenvalue weighted by molar-refractivity contribution is 7.12. The maximum absolute atomic E-state index is 11.8. The molecule has 0 fully saturated rings. The highest BCUT2D eigenvalue weighted by atomic mass is 32.1. The summed E-state index contributed by atoms with van der Waals surface area (Å²) in [6.07, 6.45) is 1.60. The number of carbonyl (C=O) groups excluding carboxylic acids is 2. The number of hydrogen-bond acceptors (Lipinski definition) is 5. The number of Topliss-reactive ketones (excluding diaryl/α,β-unsaturated/α-hetero) is 1. The maximum Gasteiger partial charge on any atom is 0.226 e. The van der Waals surface area contributed by atoms with Gasteiger partial charge in [0.2, 0.25) is 5.91 Å². The molecular weight excluding hydrogens is 276 g/mol. The standard InChI is InChI=1S/C13H12N4O2S/c1-17-13(9(7-14)8-15-17)16-12(19)5-4-10(18)11-3-2-6-20-11/h2-3,6,8H,4-5H2,1H3,(H,16,19). The maximum atomic E-state index is 11.8. The molecule has 102 valence electrons. The molecule has 0 saturated carbocycles. The van der Waals surface area contributed by atoms with Gasteiger partial charge < -0.3 is 5.32 Å². The first-order valence-electron chi connectivity index (χ1n) is 5.90. The van der Waals surface area contributed by atoms with E-state index >= 15 is 0 Å². The molecule has 0 aliphatic heterocycles. The van der Waals surface area contributed by atoms with E-state index in [1.54, 1.807) is 19.2 Å². The van der Waals surface area contributed by atoms with Gasteiger partial charge >= 0.3 is 0 Å². The van der Waals surface area contributed by atoms with E-state index in [2.05, 4.69) is 10.4 Å². The molecule has 0 aromatic carbocycles. The van der Waals surface area contributed by atoms with Crippen LogP contribution in [0.5, 0.6) is 0 Å². The molecule has 0 aliphatic carbocycles. The lowest BCUT2D eigenvalue weighted by molar-refractivity contribution is -0.116. The van der Waals surface area contributed by atoms with Crippen molar-refractivity contribution in [3.8, 4) is 6.07 Å². The van der Waals surface area contributed by atoms with Crippen LogP contribution in [0.25, 0.3) is 0 Å². The highest BCUT2D eigenvalue weighted by Crippen LogP contribution is 2.15. The van der Waals surface area contributed by atoms with E-state index in [0.29, 0.717) is 16.3 Å². The average Bonchev–Trinajstić information content (AvgIpc) is 3.07. The Bertz CT molecular complexity index is 667. The highest BCUT2D eigenvalue weighted by Gasteiger charge is 2.14. The second-order valence-electron chi connectivity index (χ2n) is 4.09. The monoisotopic (exact) mass is 288 g/mol. The minimum atomic E-state index is -0.310. The van der Waals surface area contributed by atoms with Crippen LogP contribution in [0, 0.1) is 11.3 Å². The Kier molecular flexibility index (Phi) is 4.27. The first-order valence-corrected chi connectivity index (χ1v) is 6.78. The fourth-order valence-electron chi connectivity index (χ4n) is 1.65. The van der Waals surface area contributed by atoms with Crippen molar-refractivity contribution in [1.29, 1.82) is 5.26 Å². The Morgan fingerprint density at radius 3 is 2.95 bits per heavy atom. The first kappa shape index (κ1) is 14.0. The molecule has 6 nitrogen and oxygen atoms in total. The number of rotatable bonds is 5. The molecule has 2 aromatic rings. The number of ketones is 1. The average molecular weight is 288 g/mol. The van der Waals surface area contributed by atoms with Gasteiger partial charge in [0.05, 0.1) is 11.1 Å². The lowest BCUT2D eigenvalue weighted by Gasteiger charge is -2.05. The summed E-state index contributed by atoms with van der Waals surface area (Å²) in [6, 6.07) is 5.48. The number of nitrogens with zero attached hydrogens (tertiary/aromatic N) is 3. The third kappa shape index (κ3) is 3.10. The summed E-state index contributed by atoms with van der Waals surface area (Å²) in [6.45, 7) is 0. The Labute approximate surface area is 119 Å². The number of aromatic nitrogens is 2. The number of amides is 1. The fourth-order valence-corrected chi connectivity index (χ4v) is 2.34. The minimum absolute atomic E-state index is 0.0549. The summed E-state index contributed by atoms with van der Waals surface area (Å²) in [4.78, 5) is 24.2. The van der Waals surface area contributed by atoms with Gasteiger partial charge in [0.1, 0.15) is 17.5 Å². The predicted molar refractivity (Wildman–Crippen MR) is 74.4 cm³/mol. The predicted octanol–water partition coefficient (Wildman–Crippen LogP) is 1.95. The third-order valence-electron chi connectivity index (χ3n) is 2.69. The van der Waals surface area contributed by atoms with Crippen molar-refractivity contribution < 1.29 is 9.59 Å². The first-order chi connectivity index (χ1) is 9.61. The normalized spacial score (nSPS) is 10.0. The molecule has 0 unspecified atom stereocenters. The Morgan fingerprint density at radius 2 is 2.30 bits per heavy atom. The third-order valence-corrected chi connectivity index (χ3v) is 3.60. The molecule has 0 saturated heterocycles. The van der Waals surface area contributed by atoms with Crippen LogP contribution in [0.2, 0.25) is 0 Å². The zero-order valence-corrected chi connectivity index (χ0v) is 11.6. The molecule has 0 aliphatic rings. The van der Waals surface area contributed by atoms with Crippen LogP contribution >= 0.6 is 11.3 Å². The Morgan fingerprint density at radius 1 is 1.50 bits per heavy atom. The van der Waals surface area contributed by atoms with Gasteiger partial charge in [0, 0.05) is 19.9 Å². The van der Waals surface area contributed by atoms with Crippen molar-refractivity contribution in [2.75, 3.05) is 5.32 Å². The quantitative estimate of drug-likeness (QED) is 0.852. The number of anilines is 1. The largest absolute Gasteiger partial charge is 0.310 e. The number of thiophene rings is 1. The molecule has 0 radical (unpaired) electrons. The molecular formula is C13H12N4O2S. The van der Waals surface area contributed by atoms with Gasteiger partial charge in [0.15, 0.2) is 5.78 Å². The van der Waals surface area contributed by atoms with Crippen LogP contribution in [-0.4, -0.2) is 21.5 Å². The minimum Gasteiger partial charge on any atom is -0.310 e. The summed E-state index contributed by atoms with van der Waals surface area (Å²) in [5, 5.41) is 17.2. The molecule has 0 spiro atoms. The van der Waals surface area contributed by atoms with Crippen molar-refractivity contribution in [2.24, 2.45) is 7.05 Å². The SMILES string of the molecule is Cn1ncc(C#N)c1NC(=O)CCC(=O)c1cccs1. The van der Waals surface area contributed by atoms with Gasteiger partial charge in [-0.25, -0.2) is 0 Å². The van der Waals surface area contributed by atoms with E-state index in [4.69, 9.17) is 5.26 Å². The van der Waals surface area contributed by atoms with Crippen molar-refractivity contribution >= 4 is 28.8 Å². The van der Waals surface area contributed by atoms with E-state index in [-0.39, 0.29) is 24.5 Å². The molecule has 0 bridgehead atoms. The van der Waals surface area contributed by atoms with Crippen molar-refractivity contribution in [1.82, 2.24) is 9.78 Å². The zero-order valence-electron chi connectivity index (χ0n) is 10.8. The number of nitrogens with one attached hydrogen (secondary N) is 1. The smallest absolute Gasteiger partial charge is 0.226 e. The van der Waals surface area contributed by atoms with E-state index in [0.717, 1.165) is 0 Å². The number of carbonyl (C=O) groups is 2. The lowest BCUT2D eigenvalue weighted by atomic mass is 10.2. The second kappa shape index (κ2) is 6.12. The zero-order chi connectivity index (χ0) is 14.5. The van der Waals surface area contributed by atoms with Crippen LogP contribution < -0.4 is 5.32 Å².